The van der Waals surface area contributed by atoms with E-state index in [0.29, 0.717) is 18.4 Å². The Bertz CT molecular complexity index is 343. The van der Waals surface area contributed by atoms with Gasteiger partial charge in [0.25, 0.3) is 0 Å². The van der Waals surface area contributed by atoms with Gasteiger partial charge in [-0.25, -0.2) is 0 Å². The molecule has 4 heteroatoms. The molecule has 0 N–H and O–H groups in total. The highest BCUT2D eigenvalue weighted by Crippen LogP contribution is 2.60. The maximum absolute atomic E-state index is 11.9. The lowest BCUT2D eigenvalue weighted by Crippen LogP contribution is -2.29. The van der Waals surface area contributed by atoms with Crippen LogP contribution >= 0.6 is 0 Å². The molecule has 0 heterocycles. The van der Waals surface area contributed by atoms with Crippen LogP contribution in [0.3, 0.4) is 0 Å². The highest BCUT2D eigenvalue weighted by atomic mass is 16.6. The first-order valence-corrected chi connectivity index (χ1v) is 6.73. The van der Waals surface area contributed by atoms with E-state index in [2.05, 4.69) is 0 Å². The Balaban J connectivity index is 1.81. The number of rotatable bonds is 3. The molecule has 0 saturated heterocycles. The molecule has 2 rings (SSSR count). The second-order valence-electron chi connectivity index (χ2n) is 6.31. The Kier molecular flexibility index (Phi) is 3.39. The highest BCUT2D eigenvalue weighted by Gasteiger charge is 2.61. The second-order valence-corrected chi connectivity index (χ2v) is 6.31. The Morgan fingerprint density at radius 3 is 2.11 bits per heavy atom. The van der Waals surface area contributed by atoms with E-state index in [-0.39, 0.29) is 23.8 Å². The van der Waals surface area contributed by atoms with E-state index < -0.39 is 5.60 Å². The molecule has 0 aromatic rings. The van der Waals surface area contributed by atoms with Crippen molar-refractivity contribution in [3.8, 4) is 0 Å². The van der Waals surface area contributed by atoms with Gasteiger partial charge < -0.3 is 9.47 Å². The van der Waals surface area contributed by atoms with Crippen molar-refractivity contribution in [2.24, 2.45) is 23.7 Å². The highest BCUT2D eigenvalue weighted by molar-refractivity contribution is 5.79. The summed E-state index contributed by atoms with van der Waals surface area (Å²) in [6.45, 7) is 7.88. The van der Waals surface area contributed by atoms with E-state index in [1.807, 2.05) is 27.7 Å². The SMILES string of the molecule is CCOC(=O)C1C2CC(C(=O)OC(C)(C)C)CC21. The van der Waals surface area contributed by atoms with Crippen molar-refractivity contribution in [3.05, 3.63) is 0 Å². The predicted molar refractivity (Wildman–Crippen MR) is 65.7 cm³/mol. The van der Waals surface area contributed by atoms with Crippen LogP contribution in [0.2, 0.25) is 0 Å². The summed E-state index contributed by atoms with van der Waals surface area (Å²) in [5.41, 5.74) is -0.426. The lowest BCUT2D eigenvalue weighted by atomic mass is 10.00. The van der Waals surface area contributed by atoms with Crippen LogP contribution in [0.5, 0.6) is 0 Å². The third-order valence-electron chi connectivity index (χ3n) is 3.74. The molecule has 0 aromatic carbocycles. The van der Waals surface area contributed by atoms with Gasteiger partial charge in [-0.2, -0.15) is 0 Å². The van der Waals surface area contributed by atoms with Gasteiger partial charge in [0.2, 0.25) is 0 Å². The summed E-state index contributed by atoms with van der Waals surface area (Å²) in [7, 11) is 0. The monoisotopic (exact) mass is 254 g/mol. The first kappa shape index (κ1) is 13.4. The average molecular weight is 254 g/mol. The van der Waals surface area contributed by atoms with Crippen molar-refractivity contribution in [1.29, 1.82) is 0 Å². The van der Waals surface area contributed by atoms with Crippen LogP contribution in [0.25, 0.3) is 0 Å². The summed E-state index contributed by atoms with van der Waals surface area (Å²) in [4.78, 5) is 23.5. The van der Waals surface area contributed by atoms with Crippen molar-refractivity contribution in [3.63, 3.8) is 0 Å². The zero-order valence-corrected chi connectivity index (χ0v) is 11.6. The predicted octanol–water partition coefficient (Wildman–Crippen LogP) is 2.16. The quantitative estimate of drug-likeness (QED) is 0.724. The molecule has 18 heavy (non-hydrogen) atoms. The van der Waals surface area contributed by atoms with Crippen molar-refractivity contribution in [2.75, 3.05) is 6.61 Å². The lowest BCUT2D eigenvalue weighted by molar-refractivity contribution is -0.161. The first-order valence-electron chi connectivity index (χ1n) is 6.73. The van der Waals surface area contributed by atoms with Gasteiger partial charge in [-0.05, 0) is 52.4 Å². The van der Waals surface area contributed by atoms with Crippen LogP contribution in [0.1, 0.15) is 40.5 Å². The number of hydrogen-bond acceptors (Lipinski definition) is 4. The maximum atomic E-state index is 11.9. The molecule has 0 spiro atoms. The van der Waals surface area contributed by atoms with Crippen molar-refractivity contribution in [1.82, 2.24) is 0 Å². The minimum Gasteiger partial charge on any atom is -0.466 e. The minimum atomic E-state index is -0.426. The van der Waals surface area contributed by atoms with Gasteiger partial charge in [-0.3, -0.25) is 9.59 Å². The number of fused-ring (bicyclic) bond motifs is 1. The van der Waals surface area contributed by atoms with Crippen LogP contribution in [0, 0.1) is 23.7 Å². The number of hydrogen-bond donors (Lipinski definition) is 0. The maximum Gasteiger partial charge on any atom is 0.309 e. The van der Waals surface area contributed by atoms with Gasteiger partial charge in [0.1, 0.15) is 5.60 Å². The Labute approximate surface area is 108 Å². The van der Waals surface area contributed by atoms with Gasteiger partial charge in [0.15, 0.2) is 0 Å². The zero-order chi connectivity index (χ0) is 13.5. The van der Waals surface area contributed by atoms with Crippen LogP contribution < -0.4 is 0 Å². The first-order chi connectivity index (χ1) is 8.33. The van der Waals surface area contributed by atoms with Crippen molar-refractivity contribution < 1.29 is 19.1 Å². The number of ether oxygens (including phenoxy) is 2. The van der Waals surface area contributed by atoms with E-state index in [0.717, 1.165) is 12.8 Å². The second kappa shape index (κ2) is 4.56. The average Bonchev–Trinajstić information content (AvgIpc) is 2.72. The fraction of sp³-hybridized carbons (Fsp3) is 0.857. The minimum absolute atomic E-state index is 0.0232. The molecule has 2 saturated carbocycles. The molecule has 2 aliphatic rings. The smallest absolute Gasteiger partial charge is 0.309 e. The fourth-order valence-corrected chi connectivity index (χ4v) is 3.01. The van der Waals surface area contributed by atoms with Gasteiger partial charge in [0.05, 0.1) is 18.4 Å². The van der Waals surface area contributed by atoms with Crippen molar-refractivity contribution >= 4 is 11.9 Å². The topological polar surface area (TPSA) is 52.6 Å². The Hall–Kier alpha value is -1.06. The third kappa shape index (κ3) is 2.68. The van der Waals surface area contributed by atoms with Gasteiger partial charge >= 0.3 is 11.9 Å². The molecule has 0 aliphatic heterocycles. The number of carbonyl (C=O) groups is 2. The fourth-order valence-electron chi connectivity index (χ4n) is 3.01. The summed E-state index contributed by atoms with van der Waals surface area (Å²) in [6.07, 6.45) is 1.56. The summed E-state index contributed by atoms with van der Waals surface area (Å²) >= 11 is 0. The Morgan fingerprint density at radius 2 is 1.67 bits per heavy atom. The van der Waals surface area contributed by atoms with E-state index in [1.54, 1.807) is 0 Å². The molecule has 2 unspecified atom stereocenters. The summed E-state index contributed by atoms with van der Waals surface area (Å²) in [5.74, 6) is 0.518. The standard InChI is InChI=1S/C14H22O4/c1-5-17-13(16)11-9-6-8(7-10(9)11)12(15)18-14(2,3)4/h8-11H,5-7H2,1-4H3. The lowest BCUT2D eigenvalue weighted by Gasteiger charge is -2.22. The molecule has 2 aliphatic carbocycles. The molecule has 0 radical (unpaired) electrons. The molecular weight excluding hydrogens is 232 g/mol. The molecular formula is C14H22O4. The molecule has 2 atom stereocenters. The molecule has 2 fully saturated rings. The number of esters is 2. The Morgan fingerprint density at radius 1 is 1.11 bits per heavy atom. The normalized spacial score (nSPS) is 33.8. The largest absolute Gasteiger partial charge is 0.466 e. The molecule has 102 valence electrons. The van der Waals surface area contributed by atoms with Gasteiger partial charge in [0, 0.05) is 0 Å². The van der Waals surface area contributed by atoms with E-state index >= 15 is 0 Å². The van der Waals surface area contributed by atoms with Gasteiger partial charge in [-0.15, -0.1) is 0 Å². The zero-order valence-electron chi connectivity index (χ0n) is 11.6. The summed E-state index contributed by atoms with van der Waals surface area (Å²) in [5, 5.41) is 0. The third-order valence-corrected chi connectivity index (χ3v) is 3.74. The van der Waals surface area contributed by atoms with Gasteiger partial charge in [-0.1, -0.05) is 0 Å². The summed E-state index contributed by atoms with van der Waals surface area (Å²) in [6, 6.07) is 0. The van der Waals surface area contributed by atoms with Crippen LogP contribution in [0.15, 0.2) is 0 Å². The van der Waals surface area contributed by atoms with E-state index in [1.165, 1.54) is 0 Å². The van der Waals surface area contributed by atoms with E-state index in [4.69, 9.17) is 9.47 Å². The molecule has 0 aromatic heterocycles. The molecule has 0 amide bonds. The molecule has 4 nitrogen and oxygen atoms in total. The van der Waals surface area contributed by atoms with Crippen LogP contribution in [-0.4, -0.2) is 24.1 Å². The van der Waals surface area contributed by atoms with Crippen LogP contribution in [-0.2, 0) is 19.1 Å². The van der Waals surface area contributed by atoms with Crippen LogP contribution in [0.4, 0.5) is 0 Å². The molecule has 0 bridgehead atoms. The summed E-state index contributed by atoms with van der Waals surface area (Å²) < 4.78 is 10.4. The van der Waals surface area contributed by atoms with E-state index in [9.17, 15) is 9.59 Å². The van der Waals surface area contributed by atoms with Crippen molar-refractivity contribution in [2.45, 2.75) is 46.1 Å². The number of carbonyl (C=O) groups excluding carboxylic acids is 2.